The average Bonchev–Trinajstić information content (AvgIpc) is 2.79. The number of aromatic hydroxyl groups is 1. The van der Waals surface area contributed by atoms with E-state index in [1.807, 2.05) is 0 Å². The van der Waals surface area contributed by atoms with E-state index in [0.29, 0.717) is 28.6 Å². The van der Waals surface area contributed by atoms with E-state index in [4.69, 9.17) is 25.9 Å². The van der Waals surface area contributed by atoms with Gasteiger partial charge in [-0.25, -0.2) is 0 Å². The number of hydrogen-bond donors (Lipinski definition) is 5. The molecule has 0 unspecified atom stereocenters. The van der Waals surface area contributed by atoms with E-state index < -0.39 is 0 Å². The number of rotatable bonds is 2. The topological polar surface area (TPSA) is 165 Å². The van der Waals surface area contributed by atoms with Gasteiger partial charge in [-0.1, -0.05) is 39.9 Å². The Kier molecular flexibility index (Phi) is 24.2. The van der Waals surface area contributed by atoms with Gasteiger partial charge in [-0.2, -0.15) is 18.2 Å². The minimum absolute atomic E-state index is 0. The Bertz CT molecular complexity index is 572. The first kappa shape index (κ1) is 32.0. The summed E-state index contributed by atoms with van der Waals surface area (Å²) in [5, 5.41) is 56.1. The van der Waals surface area contributed by atoms with Crippen LogP contribution in [-0.2, 0) is 16.8 Å². The largest absolute Gasteiger partial charge is 2.00 e. The smallest absolute Gasteiger partial charge is 0.662 e. The molecule has 1 heterocycles. The standard InChI is InChI=1S/C6H5O.C5H10N.2C4H8N2O2.Co/c7-6-4-2-1-3-5-6;1-2-4-6-5-3-1;2*1-3(5-7)4(2)6-8;/h2-5,7H;1-5H2;2*7-8H,1-2H3;/q2*-1;;;+2/b;;2*5-3+,6-4+;. The molecule has 30 heavy (non-hydrogen) atoms. The van der Waals surface area contributed by atoms with Crippen LogP contribution in [0.2, 0.25) is 0 Å². The summed E-state index contributed by atoms with van der Waals surface area (Å²) in [5.41, 5.74) is 1.25. The van der Waals surface area contributed by atoms with Crippen LogP contribution in [0.5, 0.6) is 5.75 Å². The van der Waals surface area contributed by atoms with E-state index in [2.05, 4.69) is 32.0 Å². The second kappa shape index (κ2) is 22.7. The minimum atomic E-state index is 0. The van der Waals surface area contributed by atoms with Gasteiger partial charge in [-0.05, 0) is 27.7 Å². The number of phenolic OH excluding ortho intramolecular Hbond substituents is 1. The van der Waals surface area contributed by atoms with Crippen LogP contribution in [-0.4, -0.2) is 61.9 Å². The Balaban J connectivity index is -0.000000321. The maximum absolute atomic E-state index is 8.61. The van der Waals surface area contributed by atoms with Crippen LogP contribution in [0.15, 0.2) is 44.9 Å². The molecular formula is C19H31CoN5O5. The van der Waals surface area contributed by atoms with Crippen molar-refractivity contribution in [1.82, 2.24) is 0 Å². The molecule has 2 rings (SSSR count). The van der Waals surface area contributed by atoms with Crippen LogP contribution in [0, 0.1) is 6.07 Å². The van der Waals surface area contributed by atoms with E-state index in [-0.39, 0.29) is 16.8 Å². The first-order valence-corrected chi connectivity index (χ1v) is 8.87. The molecule has 0 aliphatic carbocycles. The van der Waals surface area contributed by atoms with Gasteiger partial charge in [-0.15, -0.1) is 25.2 Å². The predicted octanol–water partition coefficient (Wildman–Crippen LogP) is 4.11. The summed E-state index contributed by atoms with van der Waals surface area (Å²) >= 11 is 0. The third-order valence-corrected chi connectivity index (χ3v) is 3.48. The Morgan fingerprint density at radius 2 is 1.07 bits per heavy atom. The van der Waals surface area contributed by atoms with Crippen molar-refractivity contribution in [3.63, 3.8) is 0 Å². The number of oxime groups is 4. The van der Waals surface area contributed by atoms with Gasteiger partial charge in [-0.3, -0.25) is 0 Å². The third kappa shape index (κ3) is 20.1. The molecule has 0 saturated carbocycles. The molecule has 1 saturated heterocycles. The van der Waals surface area contributed by atoms with E-state index in [0.717, 1.165) is 13.1 Å². The molecule has 0 bridgehead atoms. The van der Waals surface area contributed by atoms with Crippen molar-refractivity contribution in [3.8, 4) is 5.75 Å². The number of benzene rings is 1. The van der Waals surface area contributed by atoms with Crippen LogP contribution in [0.3, 0.4) is 0 Å². The first-order valence-electron chi connectivity index (χ1n) is 8.87. The predicted molar refractivity (Wildman–Crippen MR) is 113 cm³/mol. The van der Waals surface area contributed by atoms with Gasteiger partial charge >= 0.3 is 16.8 Å². The van der Waals surface area contributed by atoms with Crippen molar-refractivity contribution in [1.29, 1.82) is 0 Å². The fraction of sp³-hybridized carbons (Fsp3) is 0.474. The van der Waals surface area contributed by atoms with E-state index in [9.17, 15) is 0 Å². The molecule has 1 aromatic rings. The van der Waals surface area contributed by atoms with Crippen molar-refractivity contribution in [2.75, 3.05) is 13.1 Å². The van der Waals surface area contributed by atoms with Gasteiger partial charge in [0.05, 0.1) is 0 Å². The molecule has 1 aliphatic rings. The maximum Gasteiger partial charge on any atom is 2.00 e. The maximum atomic E-state index is 8.61. The molecule has 1 aromatic carbocycles. The second-order valence-electron chi connectivity index (χ2n) is 5.73. The number of hydrogen-bond acceptors (Lipinski definition) is 9. The van der Waals surface area contributed by atoms with Gasteiger partial charge in [0.25, 0.3) is 0 Å². The number of nitrogens with zero attached hydrogens (tertiary/aromatic N) is 5. The summed E-state index contributed by atoms with van der Waals surface area (Å²) in [6, 6.07) is 9.26. The summed E-state index contributed by atoms with van der Waals surface area (Å²) < 4.78 is 0. The molecule has 5 N–H and O–H groups in total. The molecule has 11 heteroatoms. The summed E-state index contributed by atoms with van der Waals surface area (Å²) in [5.74, 6) is 0.291. The molecule has 0 aromatic heterocycles. The Labute approximate surface area is 187 Å². The van der Waals surface area contributed by atoms with Crippen molar-refractivity contribution in [2.24, 2.45) is 20.6 Å². The van der Waals surface area contributed by atoms with Gasteiger partial charge in [0, 0.05) is 5.75 Å². The zero-order valence-corrected chi connectivity index (χ0v) is 18.7. The second-order valence-corrected chi connectivity index (χ2v) is 5.73. The fourth-order valence-electron chi connectivity index (χ4n) is 1.40. The summed E-state index contributed by atoms with van der Waals surface area (Å²) in [6.07, 6.45) is 4.07. The Hall–Kier alpha value is -2.63. The van der Waals surface area contributed by atoms with Gasteiger partial charge < -0.3 is 31.3 Å². The Morgan fingerprint density at radius 1 is 0.733 bits per heavy atom. The molecule has 171 valence electrons. The molecule has 1 fully saturated rings. The molecule has 1 radical (unpaired) electrons. The number of phenols is 1. The van der Waals surface area contributed by atoms with E-state index in [1.165, 1.54) is 47.0 Å². The van der Waals surface area contributed by atoms with E-state index in [1.54, 1.807) is 24.3 Å². The molecule has 1 aliphatic heterocycles. The molecule has 0 amide bonds. The summed E-state index contributed by atoms with van der Waals surface area (Å²) in [4.78, 5) is 0. The van der Waals surface area contributed by atoms with Gasteiger partial charge in [0.15, 0.2) is 0 Å². The molecular weight excluding hydrogens is 437 g/mol. The third-order valence-electron chi connectivity index (χ3n) is 3.48. The average molecular weight is 468 g/mol. The van der Waals surface area contributed by atoms with Crippen molar-refractivity contribution in [3.05, 3.63) is 35.6 Å². The summed E-state index contributed by atoms with van der Waals surface area (Å²) in [6.45, 7) is 8.40. The number of piperidine rings is 1. The van der Waals surface area contributed by atoms with Crippen LogP contribution in [0.1, 0.15) is 47.0 Å². The SMILES string of the molecule is C1CC[N-]CC1.CC(=N\O)/C(C)=N/O.CC(=N\O)/C(C)=N/O.Oc1cc[c-]cc1.[Co+2]. The van der Waals surface area contributed by atoms with Gasteiger partial charge in [0.1, 0.15) is 22.8 Å². The summed E-state index contributed by atoms with van der Waals surface area (Å²) in [7, 11) is 0. The van der Waals surface area contributed by atoms with Crippen molar-refractivity contribution >= 4 is 22.8 Å². The fourth-order valence-corrected chi connectivity index (χ4v) is 1.40. The minimum Gasteiger partial charge on any atom is -0.662 e. The zero-order chi connectivity index (χ0) is 22.5. The molecule has 10 nitrogen and oxygen atoms in total. The van der Waals surface area contributed by atoms with Crippen molar-refractivity contribution in [2.45, 2.75) is 47.0 Å². The molecule has 0 atom stereocenters. The van der Waals surface area contributed by atoms with Crippen LogP contribution >= 0.6 is 0 Å². The van der Waals surface area contributed by atoms with E-state index >= 15 is 0 Å². The first-order chi connectivity index (χ1) is 13.8. The van der Waals surface area contributed by atoms with Crippen LogP contribution in [0.4, 0.5) is 0 Å². The monoisotopic (exact) mass is 468 g/mol. The Morgan fingerprint density at radius 3 is 1.20 bits per heavy atom. The van der Waals surface area contributed by atoms with Crippen molar-refractivity contribution < 1.29 is 42.7 Å². The molecule has 0 spiro atoms. The van der Waals surface area contributed by atoms with Crippen LogP contribution < -0.4 is 0 Å². The normalized spacial score (nSPS) is 14.4. The van der Waals surface area contributed by atoms with Crippen LogP contribution in [0.25, 0.3) is 5.32 Å². The zero-order valence-electron chi connectivity index (χ0n) is 17.7. The quantitative estimate of drug-likeness (QED) is 0.190. The van der Waals surface area contributed by atoms with Gasteiger partial charge in [0.2, 0.25) is 0 Å².